The van der Waals surface area contributed by atoms with Crippen molar-refractivity contribution in [3.8, 4) is 0 Å². The van der Waals surface area contributed by atoms with Crippen molar-refractivity contribution in [3.05, 3.63) is 34.6 Å². The van der Waals surface area contributed by atoms with Gasteiger partial charge in [0.15, 0.2) is 0 Å². The van der Waals surface area contributed by atoms with E-state index in [1.807, 2.05) is 0 Å². The average Bonchev–Trinajstić information content (AvgIpc) is 2.64. The molecular formula is C10H11ClFN. The third kappa shape index (κ3) is 2.20. The first-order chi connectivity index (χ1) is 6.07. The zero-order valence-electron chi connectivity index (χ0n) is 7.19. The summed E-state index contributed by atoms with van der Waals surface area (Å²) in [5.74, 6) is -0.285. The van der Waals surface area contributed by atoms with Crippen LogP contribution in [-0.2, 0) is 6.42 Å². The Morgan fingerprint density at radius 1 is 1.38 bits per heavy atom. The van der Waals surface area contributed by atoms with Gasteiger partial charge in [0.2, 0.25) is 0 Å². The molecule has 1 aliphatic rings. The average molecular weight is 200 g/mol. The highest BCUT2D eigenvalue weighted by Crippen LogP contribution is 2.36. The SMILES string of the molecule is NC1(Cc2cc(F)cc(Cl)c2)CC1. The van der Waals surface area contributed by atoms with Crippen LogP contribution >= 0.6 is 11.6 Å². The molecule has 1 fully saturated rings. The molecule has 1 nitrogen and oxygen atoms in total. The number of nitrogens with two attached hydrogens (primary N) is 1. The van der Waals surface area contributed by atoms with Gasteiger partial charge in [-0.05, 0) is 43.0 Å². The Kier molecular flexibility index (Phi) is 2.05. The Morgan fingerprint density at radius 2 is 2.08 bits per heavy atom. The highest BCUT2D eigenvalue weighted by molar-refractivity contribution is 6.30. The lowest BCUT2D eigenvalue weighted by Crippen LogP contribution is -2.24. The molecule has 0 radical (unpaired) electrons. The lowest BCUT2D eigenvalue weighted by Gasteiger charge is -2.08. The van der Waals surface area contributed by atoms with Crippen molar-refractivity contribution < 1.29 is 4.39 Å². The summed E-state index contributed by atoms with van der Waals surface area (Å²) in [6, 6.07) is 4.58. The van der Waals surface area contributed by atoms with Crippen LogP contribution in [0.25, 0.3) is 0 Å². The first-order valence-corrected chi connectivity index (χ1v) is 4.69. The first-order valence-electron chi connectivity index (χ1n) is 4.31. The molecule has 13 heavy (non-hydrogen) atoms. The third-order valence-electron chi connectivity index (χ3n) is 2.37. The van der Waals surface area contributed by atoms with E-state index in [1.54, 1.807) is 6.07 Å². The van der Waals surface area contributed by atoms with Crippen molar-refractivity contribution >= 4 is 11.6 Å². The number of benzene rings is 1. The molecule has 2 N–H and O–H groups in total. The van der Waals surface area contributed by atoms with Crippen molar-refractivity contribution in [2.75, 3.05) is 0 Å². The van der Waals surface area contributed by atoms with Crippen LogP contribution in [0.3, 0.4) is 0 Å². The van der Waals surface area contributed by atoms with E-state index in [0.717, 1.165) is 24.8 Å². The minimum atomic E-state index is -0.285. The van der Waals surface area contributed by atoms with Crippen LogP contribution in [0.1, 0.15) is 18.4 Å². The number of hydrogen-bond acceptors (Lipinski definition) is 1. The quantitative estimate of drug-likeness (QED) is 0.778. The van der Waals surface area contributed by atoms with Crippen LogP contribution in [0.15, 0.2) is 18.2 Å². The fraction of sp³-hybridized carbons (Fsp3) is 0.400. The summed E-state index contributed by atoms with van der Waals surface area (Å²) in [4.78, 5) is 0. The molecule has 0 aromatic heterocycles. The second kappa shape index (κ2) is 2.96. The molecule has 0 heterocycles. The second-order valence-corrected chi connectivity index (χ2v) is 4.25. The smallest absolute Gasteiger partial charge is 0.124 e. The molecule has 1 aromatic rings. The van der Waals surface area contributed by atoms with Gasteiger partial charge in [-0.2, -0.15) is 0 Å². The molecule has 3 heteroatoms. The second-order valence-electron chi connectivity index (χ2n) is 3.82. The summed E-state index contributed by atoms with van der Waals surface area (Å²) < 4.78 is 12.9. The zero-order chi connectivity index (χ0) is 9.47. The Labute approximate surface area is 81.7 Å². The summed E-state index contributed by atoms with van der Waals surface area (Å²) >= 11 is 5.72. The summed E-state index contributed by atoms with van der Waals surface area (Å²) in [6.45, 7) is 0. The predicted molar refractivity (Wildman–Crippen MR) is 51.3 cm³/mol. The normalized spacial score (nSPS) is 18.7. The van der Waals surface area contributed by atoms with Gasteiger partial charge in [0.05, 0.1) is 0 Å². The largest absolute Gasteiger partial charge is 0.325 e. The van der Waals surface area contributed by atoms with Crippen LogP contribution in [0, 0.1) is 5.82 Å². The molecule has 0 saturated heterocycles. The molecule has 0 amide bonds. The molecule has 1 aliphatic carbocycles. The Bertz CT molecular complexity index is 313. The maximum absolute atomic E-state index is 12.9. The summed E-state index contributed by atoms with van der Waals surface area (Å²) in [5.41, 5.74) is 6.72. The summed E-state index contributed by atoms with van der Waals surface area (Å²) in [5, 5.41) is 0.444. The third-order valence-corrected chi connectivity index (χ3v) is 2.59. The molecule has 1 saturated carbocycles. The fourth-order valence-electron chi connectivity index (χ4n) is 1.46. The van der Waals surface area contributed by atoms with Gasteiger partial charge in [-0.15, -0.1) is 0 Å². The van der Waals surface area contributed by atoms with Crippen molar-refractivity contribution in [1.82, 2.24) is 0 Å². The fourth-order valence-corrected chi connectivity index (χ4v) is 1.70. The van der Waals surface area contributed by atoms with E-state index >= 15 is 0 Å². The predicted octanol–water partition coefficient (Wildman–Crippen LogP) is 2.51. The maximum Gasteiger partial charge on any atom is 0.124 e. The topological polar surface area (TPSA) is 26.0 Å². The van der Waals surface area contributed by atoms with Crippen molar-refractivity contribution in [3.63, 3.8) is 0 Å². The molecule has 1 aromatic carbocycles. The maximum atomic E-state index is 12.9. The van der Waals surface area contributed by atoms with Crippen LogP contribution in [-0.4, -0.2) is 5.54 Å². The van der Waals surface area contributed by atoms with Gasteiger partial charge in [0, 0.05) is 10.6 Å². The molecule has 70 valence electrons. The Balaban J connectivity index is 2.20. The molecule has 0 spiro atoms. The Hall–Kier alpha value is -0.600. The van der Waals surface area contributed by atoms with Gasteiger partial charge in [-0.1, -0.05) is 11.6 Å². The van der Waals surface area contributed by atoms with Gasteiger partial charge in [-0.25, -0.2) is 4.39 Å². The number of hydrogen-bond donors (Lipinski definition) is 1. The van der Waals surface area contributed by atoms with E-state index in [-0.39, 0.29) is 11.4 Å². The van der Waals surface area contributed by atoms with Gasteiger partial charge < -0.3 is 5.73 Å². The molecule has 0 aliphatic heterocycles. The Morgan fingerprint density at radius 3 is 2.62 bits per heavy atom. The van der Waals surface area contributed by atoms with Gasteiger partial charge >= 0.3 is 0 Å². The lowest BCUT2D eigenvalue weighted by molar-refractivity contribution is 0.618. The summed E-state index contributed by atoms with van der Waals surface area (Å²) in [6.07, 6.45) is 2.78. The van der Waals surface area contributed by atoms with E-state index in [9.17, 15) is 4.39 Å². The highest BCUT2D eigenvalue weighted by Gasteiger charge is 2.37. The van der Waals surface area contributed by atoms with Crippen molar-refractivity contribution in [2.24, 2.45) is 5.73 Å². The van der Waals surface area contributed by atoms with E-state index in [1.165, 1.54) is 12.1 Å². The van der Waals surface area contributed by atoms with Gasteiger partial charge in [0.1, 0.15) is 5.82 Å². The van der Waals surface area contributed by atoms with Crippen LogP contribution < -0.4 is 5.73 Å². The highest BCUT2D eigenvalue weighted by atomic mass is 35.5. The summed E-state index contributed by atoms with van der Waals surface area (Å²) in [7, 11) is 0. The molecule has 0 atom stereocenters. The van der Waals surface area contributed by atoms with Crippen LogP contribution in [0.5, 0.6) is 0 Å². The standard InChI is InChI=1S/C10H11ClFN/c11-8-3-7(4-9(12)5-8)6-10(13)1-2-10/h3-5H,1-2,6,13H2. The minimum Gasteiger partial charge on any atom is -0.325 e. The van der Waals surface area contributed by atoms with Crippen LogP contribution in [0.2, 0.25) is 5.02 Å². The van der Waals surface area contributed by atoms with Gasteiger partial charge in [0.25, 0.3) is 0 Å². The molecule has 2 rings (SSSR count). The van der Waals surface area contributed by atoms with Crippen molar-refractivity contribution in [1.29, 1.82) is 0 Å². The van der Waals surface area contributed by atoms with E-state index < -0.39 is 0 Å². The monoisotopic (exact) mass is 199 g/mol. The van der Waals surface area contributed by atoms with Crippen LogP contribution in [0.4, 0.5) is 4.39 Å². The first kappa shape index (κ1) is 8.97. The molecule has 0 bridgehead atoms. The van der Waals surface area contributed by atoms with Gasteiger partial charge in [-0.3, -0.25) is 0 Å². The van der Waals surface area contributed by atoms with E-state index in [4.69, 9.17) is 17.3 Å². The lowest BCUT2D eigenvalue weighted by atomic mass is 10.1. The van der Waals surface area contributed by atoms with E-state index in [0.29, 0.717) is 5.02 Å². The van der Waals surface area contributed by atoms with Crippen molar-refractivity contribution in [2.45, 2.75) is 24.8 Å². The molecular weight excluding hydrogens is 189 g/mol. The zero-order valence-corrected chi connectivity index (χ0v) is 7.94. The van der Waals surface area contributed by atoms with E-state index in [2.05, 4.69) is 0 Å². The number of halogens is 2. The number of rotatable bonds is 2. The minimum absolute atomic E-state index is 0.0862. The molecule has 0 unspecified atom stereocenters.